The Labute approximate surface area is 168 Å². The lowest BCUT2D eigenvalue weighted by molar-refractivity contribution is -0.128. The molecule has 0 aliphatic carbocycles. The minimum Gasteiger partial charge on any atom is -0.379 e. The number of aromatic nitrogens is 2. The summed E-state index contributed by atoms with van der Waals surface area (Å²) in [4.78, 5) is 38.7. The van der Waals surface area contributed by atoms with Crippen LogP contribution in [0.3, 0.4) is 0 Å². The van der Waals surface area contributed by atoms with Crippen molar-refractivity contribution in [2.75, 3.05) is 39.4 Å². The average molecular weight is 401 g/mol. The zero-order valence-corrected chi connectivity index (χ0v) is 16.6. The van der Waals surface area contributed by atoms with E-state index < -0.39 is 6.04 Å². The molecular weight excluding hydrogens is 374 g/mol. The lowest BCUT2D eigenvalue weighted by atomic mass is 10.1. The number of carbonyl (C=O) groups excluding carboxylic acids is 2. The van der Waals surface area contributed by atoms with E-state index in [2.05, 4.69) is 25.7 Å². The molecule has 0 bridgehead atoms. The summed E-state index contributed by atoms with van der Waals surface area (Å²) >= 11 is 0. The van der Waals surface area contributed by atoms with Gasteiger partial charge in [0.1, 0.15) is 6.04 Å². The third-order valence-corrected chi connectivity index (χ3v) is 4.93. The zero-order chi connectivity index (χ0) is 20.6. The van der Waals surface area contributed by atoms with E-state index in [1.54, 1.807) is 31.2 Å². The molecule has 156 valence electrons. The number of nitrogens with zero attached hydrogens (tertiary/aromatic N) is 2. The maximum Gasteiger partial charge on any atom is 0.272 e. The van der Waals surface area contributed by atoms with Crippen LogP contribution >= 0.6 is 0 Å². The van der Waals surface area contributed by atoms with Crippen molar-refractivity contribution in [1.29, 1.82) is 0 Å². The molecule has 1 aromatic carbocycles. The van der Waals surface area contributed by atoms with Crippen molar-refractivity contribution in [3.8, 4) is 0 Å². The molecule has 9 heteroatoms. The summed E-state index contributed by atoms with van der Waals surface area (Å²) < 4.78 is 5.31. The van der Waals surface area contributed by atoms with Crippen LogP contribution in [0.15, 0.2) is 29.1 Å². The topological polar surface area (TPSA) is 116 Å². The van der Waals surface area contributed by atoms with Gasteiger partial charge in [0.05, 0.1) is 30.7 Å². The number of rotatable bonds is 8. The monoisotopic (exact) mass is 401 g/mol. The predicted octanol–water partition coefficient (Wildman–Crippen LogP) is -0.191. The fraction of sp³-hybridized carbons (Fsp3) is 0.500. The Morgan fingerprint density at radius 3 is 2.72 bits per heavy atom. The Morgan fingerprint density at radius 2 is 1.97 bits per heavy atom. The quantitative estimate of drug-likeness (QED) is 0.528. The summed E-state index contributed by atoms with van der Waals surface area (Å²) in [6, 6.07) is 6.33. The molecular formula is C20H27N5O4. The van der Waals surface area contributed by atoms with Crippen LogP contribution in [0.1, 0.15) is 19.0 Å². The molecule has 9 nitrogen and oxygen atoms in total. The second kappa shape index (κ2) is 10.1. The SMILES string of the molecule is C[C@@H](NC(=O)Cc1n[nH]c(=O)c2ccccc12)C(=O)NCCCN1CCOCC1. The fourth-order valence-electron chi connectivity index (χ4n) is 3.31. The van der Waals surface area contributed by atoms with Gasteiger partial charge in [0.25, 0.3) is 5.56 Å². The molecule has 1 atom stereocenters. The van der Waals surface area contributed by atoms with Crippen molar-refractivity contribution >= 4 is 22.6 Å². The molecule has 0 radical (unpaired) electrons. The van der Waals surface area contributed by atoms with Crippen LogP contribution in [0.2, 0.25) is 0 Å². The van der Waals surface area contributed by atoms with Crippen LogP contribution in [-0.4, -0.2) is 72.3 Å². The Kier molecular flexibility index (Phi) is 7.31. The number of amides is 2. The van der Waals surface area contributed by atoms with Crippen LogP contribution < -0.4 is 16.2 Å². The third-order valence-electron chi connectivity index (χ3n) is 4.93. The maximum atomic E-state index is 12.4. The summed E-state index contributed by atoms with van der Waals surface area (Å²) in [6.07, 6.45) is 0.825. The number of aromatic amines is 1. The summed E-state index contributed by atoms with van der Waals surface area (Å²) in [5.41, 5.74) is 0.172. The lowest BCUT2D eigenvalue weighted by Crippen LogP contribution is -2.46. The van der Waals surface area contributed by atoms with Crippen molar-refractivity contribution < 1.29 is 14.3 Å². The van der Waals surface area contributed by atoms with Gasteiger partial charge >= 0.3 is 0 Å². The number of morpholine rings is 1. The predicted molar refractivity (Wildman–Crippen MR) is 109 cm³/mol. The standard InChI is InChI=1S/C20H27N5O4/c1-14(19(27)21-7-4-8-25-9-11-29-12-10-25)22-18(26)13-17-15-5-2-3-6-16(15)20(28)24-23-17/h2-3,5-6,14H,4,7-13H2,1H3,(H,21,27)(H,22,26)(H,24,28)/t14-/m1/s1. The van der Waals surface area contributed by atoms with Crippen molar-refractivity contribution in [3.63, 3.8) is 0 Å². The lowest BCUT2D eigenvalue weighted by Gasteiger charge is -2.26. The van der Waals surface area contributed by atoms with Gasteiger partial charge in [-0.3, -0.25) is 19.3 Å². The van der Waals surface area contributed by atoms with E-state index in [4.69, 9.17) is 4.74 Å². The highest BCUT2D eigenvalue weighted by molar-refractivity contribution is 5.91. The Hall–Kier alpha value is -2.78. The summed E-state index contributed by atoms with van der Waals surface area (Å²) in [7, 11) is 0. The summed E-state index contributed by atoms with van der Waals surface area (Å²) in [5, 5.41) is 13.1. The van der Waals surface area contributed by atoms with Crippen LogP contribution in [0.5, 0.6) is 0 Å². The van der Waals surface area contributed by atoms with E-state index >= 15 is 0 Å². The number of ether oxygens (including phenoxy) is 1. The van der Waals surface area contributed by atoms with Gasteiger partial charge in [0, 0.05) is 25.0 Å². The average Bonchev–Trinajstić information content (AvgIpc) is 2.74. The fourth-order valence-corrected chi connectivity index (χ4v) is 3.31. The largest absolute Gasteiger partial charge is 0.379 e. The van der Waals surface area contributed by atoms with Gasteiger partial charge in [-0.25, -0.2) is 5.10 Å². The molecule has 1 aliphatic rings. The van der Waals surface area contributed by atoms with Crippen LogP contribution in [0, 0.1) is 0 Å². The maximum absolute atomic E-state index is 12.4. The molecule has 1 aromatic heterocycles. The molecule has 29 heavy (non-hydrogen) atoms. The molecule has 1 fully saturated rings. The number of hydrogen-bond donors (Lipinski definition) is 3. The van der Waals surface area contributed by atoms with Gasteiger partial charge in [-0.1, -0.05) is 18.2 Å². The van der Waals surface area contributed by atoms with E-state index in [1.807, 2.05) is 0 Å². The molecule has 0 saturated carbocycles. The number of H-pyrrole nitrogens is 1. The minimum atomic E-state index is -0.653. The second-order valence-electron chi connectivity index (χ2n) is 7.11. The normalized spacial score (nSPS) is 15.8. The molecule has 2 heterocycles. The molecule has 0 unspecified atom stereocenters. The summed E-state index contributed by atoms with van der Waals surface area (Å²) in [5.74, 6) is -0.551. The van der Waals surface area contributed by atoms with Crippen LogP contribution in [0.25, 0.3) is 10.8 Å². The third kappa shape index (κ3) is 5.85. The number of fused-ring (bicyclic) bond motifs is 1. The molecule has 1 saturated heterocycles. The number of nitrogens with one attached hydrogen (secondary N) is 3. The van der Waals surface area contributed by atoms with Gasteiger partial charge in [-0.05, 0) is 26.0 Å². The number of hydrogen-bond acceptors (Lipinski definition) is 6. The zero-order valence-electron chi connectivity index (χ0n) is 16.6. The second-order valence-corrected chi connectivity index (χ2v) is 7.11. The Balaban J connectivity index is 1.44. The van der Waals surface area contributed by atoms with Gasteiger partial charge in [-0.15, -0.1) is 0 Å². The molecule has 3 rings (SSSR count). The molecule has 0 spiro atoms. The van der Waals surface area contributed by atoms with Crippen LogP contribution in [-0.2, 0) is 20.7 Å². The van der Waals surface area contributed by atoms with E-state index in [1.165, 1.54) is 0 Å². The van der Waals surface area contributed by atoms with Gasteiger partial charge < -0.3 is 15.4 Å². The Bertz CT molecular complexity index is 907. The molecule has 3 N–H and O–H groups in total. The van der Waals surface area contributed by atoms with Crippen molar-refractivity contribution in [2.45, 2.75) is 25.8 Å². The molecule has 1 aliphatic heterocycles. The first-order valence-electron chi connectivity index (χ1n) is 9.88. The van der Waals surface area contributed by atoms with E-state index in [0.29, 0.717) is 23.0 Å². The Morgan fingerprint density at radius 1 is 1.24 bits per heavy atom. The molecule has 2 amide bonds. The van der Waals surface area contributed by atoms with Crippen molar-refractivity contribution in [3.05, 3.63) is 40.3 Å². The molecule has 2 aromatic rings. The number of carbonyl (C=O) groups is 2. The first-order chi connectivity index (χ1) is 14.0. The highest BCUT2D eigenvalue weighted by atomic mass is 16.5. The van der Waals surface area contributed by atoms with Gasteiger partial charge in [0.2, 0.25) is 11.8 Å². The van der Waals surface area contributed by atoms with Crippen molar-refractivity contribution in [1.82, 2.24) is 25.7 Å². The van der Waals surface area contributed by atoms with Crippen LogP contribution in [0.4, 0.5) is 0 Å². The smallest absolute Gasteiger partial charge is 0.272 e. The van der Waals surface area contributed by atoms with Crippen molar-refractivity contribution in [2.24, 2.45) is 0 Å². The highest BCUT2D eigenvalue weighted by Gasteiger charge is 2.17. The first kappa shape index (κ1) is 20.9. The van der Waals surface area contributed by atoms with E-state index in [-0.39, 0.29) is 23.8 Å². The first-order valence-corrected chi connectivity index (χ1v) is 9.88. The highest BCUT2D eigenvalue weighted by Crippen LogP contribution is 2.12. The summed E-state index contributed by atoms with van der Waals surface area (Å²) in [6.45, 7) is 6.48. The minimum absolute atomic E-state index is 0.0219. The van der Waals surface area contributed by atoms with E-state index in [0.717, 1.165) is 39.3 Å². The van der Waals surface area contributed by atoms with E-state index in [9.17, 15) is 14.4 Å². The van der Waals surface area contributed by atoms with Gasteiger partial charge in [-0.2, -0.15) is 5.10 Å². The van der Waals surface area contributed by atoms with Gasteiger partial charge in [0.15, 0.2) is 0 Å². The number of benzene rings is 1.